The van der Waals surface area contributed by atoms with Gasteiger partial charge in [-0.05, 0) is 46.6 Å². The van der Waals surface area contributed by atoms with E-state index in [0.717, 1.165) is 3.79 Å². The van der Waals surface area contributed by atoms with Crippen LogP contribution in [0.5, 0.6) is 0 Å². The van der Waals surface area contributed by atoms with Gasteiger partial charge >= 0.3 is 0 Å². The lowest BCUT2D eigenvalue weighted by Gasteiger charge is -2.12. The molecule has 90 valence electrons. The second-order valence-electron chi connectivity index (χ2n) is 3.64. The van der Waals surface area contributed by atoms with Crippen LogP contribution < -0.4 is 0 Å². The van der Waals surface area contributed by atoms with Crippen molar-refractivity contribution in [1.82, 2.24) is 0 Å². The van der Waals surface area contributed by atoms with E-state index in [2.05, 4.69) is 15.9 Å². The van der Waals surface area contributed by atoms with Crippen LogP contribution in [-0.2, 0) is 0 Å². The summed E-state index contributed by atoms with van der Waals surface area (Å²) in [5, 5.41) is 10.0. The third kappa shape index (κ3) is 2.41. The van der Waals surface area contributed by atoms with E-state index < -0.39 is 17.7 Å². The molecule has 1 aromatic heterocycles. The number of halogens is 3. The Morgan fingerprint density at radius 1 is 1.24 bits per heavy atom. The number of thiophene rings is 1. The number of hydrogen-bond acceptors (Lipinski definition) is 2. The van der Waals surface area contributed by atoms with Gasteiger partial charge in [0, 0.05) is 4.88 Å². The maximum absolute atomic E-state index is 13.8. The van der Waals surface area contributed by atoms with Gasteiger partial charge in [-0.2, -0.15) is 0 Å². The Labute approximate surface area is 110 Å². The molecule has 0 bridgehead atoms. The zero-order chi connectivity index (χ0) is 12.6. The van der Waals surface area contributed by atoms with Crippen LogP contribution in [0.4, 0.5) is 8.78 Å². The van der Waals surface area contributed by atoms with Crippen LogP contribution in [0.2, 0.25) is 0 Å². The van der Waals surface area contributed by atoms with Gasteiger partial charge in [0.2, 0.25) is 0 Å². The Bertz CT molecular complexity index is 553. The molecule has 1 nitrogen and oxygen atoms in total. The fraction of sp³-hybridized carbons (Fsp3) is 0.167. The van der Waals surface area contributed by atoms with Crippen LogP contribution in [0, 0.1) is 18.6 Å². The minimum absolute atomic E-state index is 0.292. The molecule has 1 heterocycles. The Morgan fingerprint density at radius 2 is 1.94 bits per heavy atom. The summed E-state index contributed by atoms with van der Waals surface area (Å²) in [5.41, 5.74) is 0.0235. The fourth-order valence-corrected chi connectivity index (χ4v) is 2.97. The largest absolute Gasteiger partial charge is 0.383 e. The molecule has 0 radical (unpaired) electrons. The third-order valence-electron chi connectivity index (χ3n) is 2.46. The van der Waals surface area contributed by atoms with E-state index >= 15 is 0 Å². The highest BCUT2D eigenvalue weighted by Gasteiger charge is 2.22. The molecule has 2 aromatic rings. The van der Waals surface area contributed by atoms with Crippen molar-refractivity contribution in [1.29, 1.82) is 0 Å². The molecule has 0 saturated heterocycles. The zero-order valence-electron chi connectivity index (χ0n) is 8.88. The number of aryl methyl sites for hydroxylation is 1. The molecule has 1 aromatic carbocycles. The van der Waals surface area contributed by atoms with Gasteiger partial charge in [-0.1, -0.05) is 6.07 Å². The van der Waals surface area contributed by atoms with Gasteiger partial charge in [-0.15, -0.1) is 11.3 Å². The number of hydrogen-bond donors (Lipinski definition) is 1. The lowest BCUT2D eigenvalue weighted by Crippen LogP contribution is -2.05. The maximum atomic E-state index is 13.8. The van der Waals surface area contributed by atoms with Gasteiger partial charge in [0.1, 0.15) is 17.7 Å². The summed E-state index contributed by atoms with van der Waals surface area (Å²) < 4.78 is 28.2. The van der Waals surface area contributed by atoms with Crippen molar-refractivity contribution in [3.05, 3.63) is 55.7 Å². The monoisotopic (exact) mass is 318 g/mol. The molecule has 5 heteroatoms. The van der Waals surface area contributed by atoms with Gasteiger partial charge in [-0.3, -0.25) is 0 Å². The number of aliphatic hydroxyl groups excluding tert-OH is 1. The predicted octanol–water partition coefficient (Wildman–Crippen LogP) is 4.18. The molecule has 0 saturated carbocycles. The SMILES string of the molecule is Cc1ccc(F)c(C(O)c2ccc(Br)s2)c1F. The van der Waals surface area contributed by atoms with E-state index in [4.69, 9.17) is 0 Å². The highest BCUT2D eigenvalue weighted by atomic mass is 79.9. The minimum atomic E-state index is -1.27. The molecule has 1 unspecified atom stereocenters. The van der Waals surface area contributed by atoms with E-state index in [1.807, 2.05) is 0 Å². The highest BCUT2D eigenvalue weighted by molar-refractivity contribution is 9.11. The summed E-state index contributed by atoms with van der Waals surface area (Å²) in [6.45, 7) is 1.54. The molecule has 2 rings (SSSR count). The second-order valence-corrected chi connectivity index (χ2v) is 6.13. The van der Waals surface area contributed by atoms with Gasteiger partial charge < -0.3 is 5.11 Å². The molecule has 1 atom stereocenters. The first-order valence-corrected chi connectivity index (χ1v) is 6.49. The predicted molar refractivity (Wildman–Crippen MR) is 67.2 cm³/mol. The lowest BCUT2D eigenvalue weighted by atomic mass is 10.0. The molecule has 0 aliphatic rings. The van der Waals surface area contributed by atoms with Crippen LogP contribution >= 0.6 is 27.3 Å². The zero-order valence-corrected chi connectivity index (χ0v) is 11.3. The third-order valence-corrected chi connectivity index (χ3v) is 4.13. The molecular formula is C12H9BrF2OS. The van der Waals surface area contributed by atoms with Crippen molar-refractivity contribution < 1.29 is 13.9 Å². The van der Waals surface area contributed by atoms with Gasteiger partial charge in [0.15, 0.2) is 0 Å². The summed E-state index contributed by atoms with van der Waals surface area (Å²) in [4.78, 5) is 0.500. The van der Waals surface area contributed by atoms with Gasteiger partial charge in [0.25, 0.3) is 0 Å². The average molecular weight is 319 g/mol. The fourth-order valence-electron chi connectivity index (χ4n) is 1.55. The molecule has 0 amide bonds. The normalized spacial score (nSPS) is 12.8. The number of benzene rings is 1. The first-order valence-electron chi connectivity index (χ1n) is 4.88. The number of rotatable bonds is 2. The standard InChI is InChI=1S/C12H9BrF2OS/c1-6-2-3-7(14)10(11(6)15)12(16)8-4-5-9(13)17-8/h2-5,12,16H,1H3. The first-order chi connectivity index (χ1) is 8.00. The van der Waals surface area contributed by atoms with E-state index in [9.17, 15) is 13.9 Å². The van der Waals surface area contributed by atoms with E-state index in [1.165, 1.54) is 30.4 Å². The average Bonchev–Trinajstić information content (AvgIpc) is 2.71. The van der Waals surface area contributed by atoms with E-state index in [0.29, 0.717) is 10.4 Å². The van der Waals surface area contributed by atoms with Crippen LogP contribution in [0.1, 0.15) is 22.1 Å². The minimum Gasteiger partial charge on any atom is -0.383 e. The molecule has 0 fully saturated rings. The summed E-state index contributed by atoms with van der Waals surface area (Å²) in [6, 6.07) is 5.89. The van der Waals surface area contributed by atoms with Gasteiger partial charge in [0.05, 0.1) is 9.35 Å². The van der Waals surface area contributed by atoms with Crippen molar-refractivity contribution in [2.75, 3.05) is 0 Å². The highest BCUT2D eigenvalue weighted by Crippen LogP contribution is 2.34. The molecule has 0 spiro atoms. The molecule has 0 aliphatic heterocycles. The summed E-state index contributed by atoms with van der Waals surface area (Å²) in [6.07, 6.45) is -1.27. The Hall–Kier alpha value is -0.780. The molecule has 0 aliphatic carbocycles. The Morgan fingerprint density at radius 3 is 2.53 bits per heavy atom. The summed E-state index contributed by atoms with van der Waals surface area (Å²) in [7, 11) is 0. The van der Waals surface area contributed by atoms with Crippen molar-refractivity contribution in [2.24, 2.45) is 0 Å². The van der Waals surface area contributed by atoms with Crippen molar-refractivity contribution in [2.45, 2.75) is 13.0 Å². The molecule has 17 heavy (non-hydrogen) atoms. The van der Waals surface area contributed by atoms with Crippen LogP contribution in [0.15, 0.2) is 28.1 Å². The van der Waals surface area contributed by atoms with Crippen molar-refractivity contribution >= 4 is 27.3 Å². The topological polar surface area (TPSA) is 20.2 Å². The van der Waals surface area contributed by atoms with E-state index in [1.54, 1.807) is 12.1 Å². The quantitative estimate of drug-likeness (QED) is 0.880. The summed E-state index contributed by atoms with van der Waals surface area (Å²) >= 11 is 4.49. The maximum Gasteiger partial charge on any atom is 0.135 e. The lowest BCUT2D eigenvalue weighted by molar-refractivity contribution is 0.212. The number of aliphatic hydroxyl groups is 1. The Kier molecular flexibility index (Phi) is 3.61. The molecule has 1 N–H and O–H groups in total. The van der Waals surface area contributed by atoms with Crippen molar-refractivity contribution in [3.63, 3.8) is 0 Å². The van der Waals surface area contributed by atoms with Crippen LogP contribution in [0.25, 0.3) is 0 Å². The first kappa shape index (κ1) is 12.7. The summed E-state index contributed by atoms with van der Waals surface area (Å²) in [5.74, 6) is -1.42. The van der Waals surface area contributed by atoms with Crippen LogP contribution in [-0.4, -0.2) is 5.11 Å². The Balaban J connectivity index is 2.50. The van der Waals surface area contributed by atoms with Gasteiger partial charge in [-0.25, -0.2) is 8.78 Å². The van der Waals surface area contributed by atoms with E-state index in [-0.39, 0.29) is 5.56 Å². The molecular weight excluding hydrogens is 310 g/mol. The second kappa shape index (κ2) is 4.84. The van der Waals surface area contributed by atoms with Crippen molar-refractivity contribution in [3.8, 4) is 0 Å². The van der Waals surface area contributed by atoms with Crippen LogP contribution in [0.3, 0.4) is 0 Å². The smallest absolute Gasteiger partial charge is 0.135 e.